The number of hydrogen-bond donors (Lipinski definition) is 1. The van der Waals surface area contributed by atoms with E-state index in [4.69, 9.17) is 5.11 Å². The van der Waals surface area contributed by atoms with Gasteiger partial charge in [0.25, 0.3) is 0 Å². The van der Waals surface area contributed by atoms with Crippen LogP contribution in [0.25, 0.3) is 0 Å². The van der Waals surface area contributed by atoms with Crippen molar-refractivity contribution in [1.29, 1.82) is 0 Å². The van der Waals surface area contributed by atoms with Gasteiger partial charge in [-0.15, -0.1) is 0 Å². The monoisotopic (exact) mass is 186 g/mol. The van der Waals surface area contributed by atoms with Crippen molar-refractivity contribution in [3.8, 4) is 0 Å². The molecule has 1 aliphatic rings. The van der Waals surface area contributed by atoms with Crippen LogP contribution in [-0.4, -0.2) is 60.1 Å². The zero-order chi connectivity index (χ0) is 9.84. The van der Waals surface area contributed by atoms with Crippen molar-refractivity contribution in [2.24, 2.45) is 0 Å². The smallest absolute Gasteiger partial charge is 0.222 e. The van der Waals surface area contributed by atoms with Crippen LogP contribution in [0.2, 0.25) is 0 Å². The summed E-state index contributed by atoms with van der Waals surface area (Å²) in [6, 6.07) is -0.00815. The molecule has 13 heavy (non-hydrogen) atoms. The number of nitrogens with zero attached hydrogens (tertiary/aromatic N) is 2. The van der Waals surface area contributed by atoms with Crippen molar-refractivity contribution in [2.75, 3.05) is 33.3 Å². The predicted octanol–water partition coefficient (Wildman–Crippen LogP) is -0.469. The maximum absolute atomic E-state index is 11.4. The van der Waals surface area contributed by atoms with Crippen LogP contribution in [0.3, 0.4) is 0 Å². The largest absolute Gasteiger partial charge is 0.394 e. The first-order valence-corrected chi connectivity index (χ1v) is 4.78. The highest BCUT2D eigenvalue weighted by molar-refractivity contribution is 5.76. The Balaban J connectivity index is 2.57. The third kappa shape index (κ3) is 2.42. The van der Waals surface area contributed by atoms with Crippen LogP contribution >= 0.6 is 0 Å². The maximum Gasteiger partial charge on any atom is 0.222 e. The molecule has 0 aliphatic carbocycles. The standard InChI is InChI=1S/C9H18N2O2/c1-3-9(13)11-5-4-10(2)6-8(11)7-12/h8,12H,3-7H2,1-2H3. The number of likely N-dealkylation sites (N-methyl/N-ethyl adjacent to an activating group) is 1. The van der Waals surface area contributed by atoms with Gasteiger partial charge in [0.05, 0.1) is 12.6 Å². The molecule has 1 heterocycles. The quantitative estimate of drug-likeness (QED) is 0.634. The highest BCUT2D eigenvalue weighted by atomic mass is 16.3. The molecule has 1 amide bonds. The van der Waals surface area contributed by atoms with Crippen LogP contribution in [0.4, 0.5) is 0 Å². The highest BCUT2D eigenvalue weighted by Crippen LogP contribution is 2.09. The molecule has 1 N–H and O–H groups in total. The van der Waals surface area contributed by atoms with E-state index in [0.29, 0.717) is 6.42 Å². The van der Waals surface area contributed by atoms with E-state index in [9.17, 15) is 4.79 Å². The van der Waals surface area contributed by atoms with E-state index in [2.05, 4.69) is 4.90 Å². The fraction of sp³-hybridized carbons (Fsp3) is 0.889. The van der Waals surface area contributed by atoms with Gasteiger partial charge in [-0.1, -0.05) is 6.92 Å². The fourth-order valence-electron chi connectivity index (χ4n) is 1.70. The first-order chi connectivity index (χ1) is 6.19. The Morgan fingerprint density at radius 2 is 2.23 bits per heavy atom. The normalized spacial score (nSPS) is 24.8. The first kappa shape index (κ1) is 10.5. The lowest BCUT2D eigenvalue weighted by atomic mass is 10.1. The van der Waals surface area contributed by atoms with Gasteiger partial charge in [-0.3, -0.25) is 4.79 Å². The van der Waals surface area contributed by atoms with Gasteiger partial charge in [0.2, 0.25) is 5.91 Å². The van der Waals surface area contributed by atoms with Crippen LogP contribution in [0.1, 0.15) is 13.3 Å². The van der Waals surface area contributed by atoms with Crippen LogP contribution in [0.15, 0.2) is 0 Å². The molecule has 0 bridgehead atoms. The minimum Gasteiger partial charge on any atom is -0.394 e. The van der Waals surface area contributed by atoms with E-state index in [1.54, 1.807) is 4.90 Å². The number of carbonyl (C=O) groups is 1. The molecule has 1 atom stereocenters. The summed E-state index contributed by atoms with van der Waals surface area (Å²) >= 11 is 0. The summed E-state index contributed by atoms with van der Waals surface area (Å²) in [6.45, 7) is 4.35. The Bertz CT molecular complexity index is 184. The van der Waals surface area contributed by atoms with E-state index in [1.165, 1.54) is 0 Å². The van der Waals surface area contributed by atoms with Crippen molar-refractivity contribution in [3.63, 3.8) is 0 Å². The minimum atomic E-state index is -0.00815. The number of aliphatic hydroxyl groups is 1. The fourth-order valence-corrected chi connectivity index (χ4v) is 1.70. The third-order valence-corrected chi connectivity index (χ3v) is 2.52. The molecule has 0 radical (unpaired) electrons. The Hall–Kier alpha value is -0.610. The Kier molecular flexibility index (Phi) is 3.69. The van der Waals surface area contributed by atoms with Gasteiger partial charge in [0, 0.05) is 26.1 Å². The lowest BCUT2D eigenvalue weighted by molar-refractivity contribution is -0.136. The van der Waals surface area contributed by atoms with E-state index in [1.807, 2.05) is 14.0 Å². The summed E-state index contributed by atoms with van der Waals surface area (Å²) in [5.41, 5.74) is 0. The molecule has 1 rings (SSSR count). The Labute approximate surface area is 79.1 Å². The van der Waals surface area contributed by atoms with Gasteiger partial charge >= 0.3 is 0 Å². The second-order valence-electron chi connectivity index (χ2n) is 3.54. The number of amides is 1. The summed E-state index contributed by atoms with van der Waals surface area (Å²) in [7, 11) is 2.01. The molecule has 0 aromatic carbocycles. The van der Waals surface area contributed by atoms with E-state index >= 15 is 0 Å². The minimum absolute atomic E-state index is 0.00815. The average Bonchev–Trinajstić information content (AvgIpc) is 2.16. The number of aliphatic hydroxyl groups excluding tert-OH is 1. The number of hydrogen-bond acceptors (Lipinski definition) is 3. The molecule has 0 aromatic rings. The first-order valence-electron chi connectivity index (χ1n) is 4.78. The zero-order valence-electron chi connectivity index (χ0n) is 8.36. The molecule has 1 saturated heterocycles. The lowest BCUT2D eigenvalue weighted by Gasteiger charge is -2.39. The molecule has 1 unspecified atom stereocenters. The van der Waals surface area contributed by atoms with Crippen molar-refractivity contribution in [1.82, 2.24) is 9.80 Å². The van der Waals surface area contributed by atoms with Crippen LogP contribution in [-0.2, 0) is 4.79 Å². The second kappa shape index (κ2) is 4.58. The Morgan fingerprint density at radius 1 is 1.54 bits per heavy atom. The van der Waals surface area contributed by atoms with Gasteiger partial charge in [0.15, 0.2) is 0 Å². The second-order valence-corrected chi connectivity index (χ2v) is 3.54. The van der Waals surface area contributed by atoms with Crippen LogP contribution < -0.4 is 0 Å². The maximum atomic E-state index is 11.4. The number of carbonyl (C=O) groups excluding carboxylic acids is 1. The van der Waals surface area contributed by atoms with Gasteiger partial charge in [-0.25, -0.2) is 0 Å². The molecule has 0 spiro atoms. The molecule has 4 nitrogen and oxygen atoms in total. The Morgan fingerprint density at radius 3 is 2.77 bits per heavy atom. The molecule has 1 aliphatic heterocycles. The third-order valence-electron chi connectivity index (χ3n) is 2.52. The summed E-state index contributed by atoms with van der Waals surface area (Å²) in [6.07, 6.45) is 0.528. The average molecular weight is 186 g/mol. The molecule has 76 valence electrons. The molecular formula is C9H18N2O2. The van der Waals surface area contributed by atoms with E-state index in [-0.39, 0.29) is 18.6 Å². The SMILES string of the molecule is CCC(=O)N1CCN(C)CC1CO. The molecule has 0 saturated carbocycles. The molecule has 4 heteroatoms. The molecular weight excluding hydrogens is 168 g/mol. The van der Waals surface area contributed by atoms with Crippen molar-refractivity contribution in [3.05, 3.63) is 0 Å². The van der Waals surface area contributed by atoms with Gasteiger partial charge in [0.1, 0.15) is 0 Å². The van der Waals surface area contributed by atoms with Gasteiger partial charge in [-0.05, 0) is 7.05 Å². The van der Waals surface area contributed by atoms with E-state index in [0.717, 1.165) is 19.6 Å². The summed E-state index contributed by atoms with van der Waals surface area (Å²) in [4.78, 5) is 15.4. The zero-order valence-corrected chi connectivity index (χ0v) is 8.36. The molecule has 1 fully saturated rings. The van der Waals surface area contributed by atoms with Crippen LogP contribution in [0.5, 0.6) is 0 Å². The number of rotatable bonds is 2. The molecule has 0 aromatic heterocycles. The van der Waals surface area contributed by atoms with Crippen molar-refractivity contribution in [2.45, 2.75) is 19.4 Å². The van der Waals surface area contributed by atoms with Crippen molar-refractivity contribution >= 4 is 5.91 Å². The summed E-state index contributed by atoms with van der Waals surface area (Å²) < 4.78 is 0. The lowest BCUT2D eigenvalue weighted by Crippen LogP contribution is -2.55. The van der Waals surface area contributed by atoms with E-state index < -0.39 is 0 Å². The topological polar surface area (TPSA) is 43.8 Å². The number of piperazine rings is 1. The van der Waals surface area contributed by atoms with Gasteiger partial charge in [-0.2, -0.15) is 0 Å². The van der Waals surface area contributed by atoms with Crippen molar-refractivity contribution < 1.29 is 9.90 Å². The van der Waals surface area contributed by atoms with Crippen LogP contribution in [0, 0.1) is 0 Å². The summed E-state index contributed by atoms with van der Waals surface area (Å²) in [5, 5.41) is 9.10. The summed E-state index contributed by atoms with van der Waals surface area (Å²) in [5.74, 6) is 0.146. The predicted molar refractivity (Wildman–Crippen MR) is 50.4 cm³/mol. The highest BCUT2D eigenvalue weighted by Gasteiger charge is 2.27. The van der Waals surface area contributed by atoms with Gasteiger partial charge < -0.3 is 14.9 Å².